The van der Waals surface area contributed by atoms with Gasteiger partial charge < -0.3 is 0 Å². The van der Waals surface area contributed by atoms with E-state index in [1.165, 1.54) is 12.5 Å². The highest BCUT2D eigenvalue weighted by molar-refractivity contribution is 14.1. The van der Waals surface area contributed by atoms with Crippen LogP contribution in [0.4, 0.5) is 0 Å². The van der Waals surface area contributed by atoms with E-state index in [0.717, 1.165) is 0 Å². The van der Waals surface area contributed by atoms with E-state index in [9.17, 15) is 0 Å². The Kier molecular flexibility index (Phi) is 4.38. The van der Waals surface area contributed by atoms with Gasteiger partial charge in [-0.2, -0.15) is 0 Å². The second-order valence-electron chi connectivity index (χ2n) is 3.62. The molecule has 0 aromatic rings. The van der Waals surface area contributed by atoms with Crippen molar-refractivity contribution >= 4 is 28.1 Å². The first-order valence-electron chi connectivity index (χ1n) is 3.62. The number of halogens is 1. The van der Waals surface area contributed by atoms with Gasteiger partial charge in [-0.3, -0.25) is 0 Å². The minimum absolute atomic E-state index is 0.420. The summed E-state index contributed by atoms with van der Waals surface area (Å²) in [5, 5.41) is 0.635. The minimum Gasteiger partial charge on any atom is -0.123 e. The summed E-state index contributed by atoms with van der Waals surface area (Å²) in [4.78, 5) is 0. The zero-order chi connectivity index (χ0) is 7.49. The van der Waals surface area contributed by atoms with E-state index in [1.807, 2.05) is 0 Å². The first-order chi connectivity index (χ1) is 3.98. The van der Waals surface area contributed by atoms with Crippen LogP contribution in [0.1, 0.15) is 34.1 Å². The van der Waals surface area contributed by atoms with E-state index in [-0.39, 0.29) is 0 Å². The van der Waals surface area contributed by atoms with Crippen LogP contribution in [0.2, 0.25) is 11.1 Å². The second kappa shape index (κ2) is 3.96. The first-order valence-corrected chi connectivity index (χ1v) is 9.19. The lowest BCUT2D eigenvalue weighted by Gasteiger charge is -2.23. The normalized spacial score (nSPS) is 15.7. The van der Waals surface area contributed by atoms with Crippen LogP contribution in [-0.4, -0.2) is 6.29 Å². The Balaban J connectivity index is 3.59. The smallest absolute Gasteiger partial charge is 0.115 e. The van der Waals surface area contributed by atoms with Crippen molar-refractivity contribution in [1.82, 2.24) is 0 Å². The maximum atomic E-state index is 2.69. The van der Waals surface area contributed by atoms with Crippen LogP contribution in [0.3, 0.4) is 0 Å². The molecule has 0 spiro atoms. The quantitative estimate of drug-likeness (QED) is 0.404. The largest absolute Gasteiger partial charge is 0.123 e. The predicted molar refractivity (Wildman–Crippen MR) is 56.0 cm³/mol. The Labute approximate surface area is 73.2 Å². The number of hydrogen-bond donors (Lipinski definition) is 0. The molecule has 1 atom stereocenters. The lowest BCUT2D eigenvalue weighted by Crippen LogP contribution is -2.17. The Hall–Kier alpha value is 0.947. The average molecular weight is 256 g/mol. The molecule has 0 amide bonds. The molecular weight excluding hydrogens is 239 g/mol. The molecule has 1 unspecified atom stereocenters. The fraction of sp³-hybridized carbons (Fsp3) is 1.00. The Morgan fingerprint density at radius 2 is 1.78 bits per heavy atom. The van der Waals surface area contributed by atoms with Crippen molar-refractivity contribution in [2.45, 2.75) is 45.2 Å². The summed E-state index contributed by atoms with van der Waals surface area (Å²) in [6.07, 6.45) is 0.952. The summed E-state index contributed by atoms with van der Waals surface area (Å²) in [7, 11) is 0. The van der Waals surface area contributed by atoms with Crippen LogP contribution >= 0.6 is 21.8 Å². The molecular formula is C7H17ISi. The van der Waals surface area contributed by atoms with Gasteiger partial charge in [0.05, 0.1) is 0 Å². The molecule has 0 rings (SSSR count). The molecule has 9 heavy (non-hydrogen) atoms. The van der Waals surface area contributed by atoms with Crippen LogP contribution in [0.15, 0.2) is 0 Å². The molecule has 0 heterocycles. The Morgan fingerprint density at radius 1 is 1.33 bits per heavy atom. The highest BCUT2D eigenvalue weighted by atomic mass is 127. The predicted octanol–water partition coefficient (Wildman–Crippen LogP) is 3.36. The van der Waals surface area contributed by atoms with E-state index in [0.29, 0.717) is 5.04 Å². The monoisotopic (exact) mass is 256 g/mol. The van der Waals surface area contributed by atoms with Gasteiger partial charge in [-0.25, -0.2) is 0 Å². The third kappa shape index (κ3) is 4.36. The van der Waals surface area contributed by atoms with Crippen molar-refractivity contribution in [3.05, 3.63) is 0 Å². The molecule has 0 fully saturated rings. The summed E-state index contributed by atoms with van der Waals surface area (Å²) < 4.78 is 0. The Morgan fingerprint density at radius 3 is 1.89 bits per heavy atom. The van der Waals surface area contributed by atoms with Crippen LogP contribution < -0.4 is 0 Å². The highest BCUT2D eigenvalue weighted by Crippen LogP contribution is 2.33. The molecule has 0 saturated carbocycles. The fourth-order valence-electron chi connectivity index (χ4n) is 0.686. The van der Waals surface area contributed by atoms with Crippen molar-refractivity contribution in [3.8, 4) is 0 Å². The van der Waals surface area contributed by atoms with Crippen molar-refractivity contribution in [2.75, 3.05) is 0 Å². The van der Waals surface area contributed by atoms with Crippen molar-refractivity contribution in [3.63, 3.8) is 0 Å². The molecule has 0 bridgehead atoms. The Bertz CT molecular complexity index is 75.5. The second-order valence-corrected chi connectivity index (χ2v) is 11.4. The average Bonchev–Trinajstić information content (AvgIpc) is 1.64. The summed E-state index contributed by atoms with van der Waals surface area (Å²) >= 11 is 2.69. The van der Waals surface area contributed by atoms with Gasteiger partial charge in [0.25, 0.3) is 0 Å². The first kappa shape index (κ1) is 9.95. The standard InChI is InChI=1S/C7H17ISi/c1-5-6-9(8)7(2,3)4/h9H,5-6H2,1-4H3. The number of rotatable bonds is 2. The van der Waals surface area contributed by atoms with E-state index in [1.54, 1.807) is 0 Å². The van der Waals surface area contributed by atoms with Gasteiger partial charge in [0, 0.05) is 0 Å². The SMILES string of the molecule is CCC[SiH](I)C(C)(C)C. The van der Waals surface area contributed by atoms with Gasteiger partial charge in [-0.05, 0) is 5.04 Å². The van der Waals surface area contributed by atoms with E-state index in [2.05, 4.69) is 49.5 Å². The molecule has 0 nitrogen and oxygen atoms in total. The molecule has 0 radical (unpaired) electrons. The molecule has 0 N–H and O–H groups in total. The van der Waals surface area contributed by atoms with E-state index >= 15 is 0 Å². The summed E-state index contributed by atoms with van der Waals surface area (Å²) in [5.41, 5.74) is 0. The van der Waals surface area contributed by atoms with Crippen LogP contribution in [-0.2, 0) is 0 Å². The highest BCUT2D eigenvalue weighted by Gasteiger charge is 2.21. The summed E-state index contributed by atoms with van der Waals surface area (Å²) in [6.45, 7) is 9.38. The minimum atomic E-state index is -0.420. The molecule has 0 saturated heterocycles. The number of hydrogen-bond acceptors (Lipinski definition) is 0. The van der Waals surface area contributed by atoms with Gasteiger partial charge in [-0.1, -0.05) is 40.2 Å². The van der Waals surface area contributed by atoms with Gasteiger partial charge in [0.1, 0.15) is 6.29 Å². The lowest BCUT2D eigenvalue weighted by molar-refractivity contribution is 0.743. The lowest BCUT2D eigenvalue weighted by atomic mass is 10.2. The summed E-state index contributed by atoms with van der Waals surface area (Å²) in [5.74, 6) is 0. The van der Waals surface area contributed by atoms with Crippen LogP contribution in [0.5, 0.6) is 0 Å². The van der Waals surface area contributed by atoms with E-state index in [4.69, 9.17) is 0 Å². The fourth-order valence-corrected chi connectivity index (χ4v) is 3.93. The topological polar surface area (TPSA) is 0 Å². The molecule has 0 aliphatic carbocycles. The summed E-state index contributed by atoms with van der Waals surface area (Å²) in [6, 6.07) is 1.49. The van der Waals surface area contributed by atoms with Gasteiger partial charge >= 0.3 is 0 Å². The van der Waals surface area contributed by atoms with Crippen molar-refractivity contribution < 1.29 is 0 Å². The third-order valence-corrected chi connectivity index (χ3v) is 11.9. The maximum Gasteiger partial charge on any atom is 0.115 e. The molecule has 0 aromatic carbocycles. The van der Waals surface area contributed by atoms with Crippen LogP contribution in [0.25, 0.3) is 0 Å². The molecule has 56 valence electrons. The van der Waals surface area contributed by atoms with Gasteiger partial charge in [0.15, 0.2) is 0 Å². The van der Waals surface area contributed by atoms with Crippen molar-refractivity contribution in [2.24, 2.45) is 0 Å². The molecule has 2 heteroatoms. The van der Waals surface area contributed by atoms with Crippen LogP contribution in [0, 0.1) is 0 Å². The molecule has 0 aliphatic rings. The third-order valence-electron chi connectivity index (χ3n) is 1.48. The maximum absolute atomic E-state index is 2.69. The van der Waals surface area contributed by atoms with Gasteiger partial charge in [-0.15, -0.1) is 21.8 Å². The molecule has 0 aliphatic heterocycles. The van der Waals surface area contributed by atoms with E-state index < -0.39 is 6.29 Å². The molecule has 0 aromatic heterocycles. The zero-order valence-corrected chi connectivity index (χ0v) is 10.2. The van der Waals surface area contributed by atoms with Gasteiger partial charge in [0.2, 0.25) is 0 Å². The van der Waals surface area contributed by atoms with Crippen molar-refractivity contribution in [1.29, 1.82) is 0 Å². The zero-order valence-electron chi connectivity index (χ0n) is 6.87.